The van der Waals surface area contributed by atoms with Crippen LogP contribution in [0.1, 0.15) is 22.3 Å². The summed E-state index contributed by atoms with van der Waals surface area (Å²) in [5.41, 5.74) is 15.0. The van der Waals surface area contributed by atoms with Crippen LogP contribution in [0.4, 0.5) is 0 Å². The number of rotatable bonds is 2. The van der Waals surface area contributed by atoms with Gasteiger partial charge < -0.3 is 0 Å². The Bertz CT molecular complexity index is 1510. The van der Waals surface area contributed by atoms with Crippen LogP contribution in [-0.4, -0.2) is 0 Å². The molecule has 1 aromatic heterocycles. The highest BCUT2D eigenvalue weighted by Gasteiger charge is 2.38. The van der Waals surface area contributed by atoms with Crippen molar-refractivity contribution in [2.45, 2.75) is 25.7 Å². The molecule has 0 bridgehead atoms. The van der Waals surface area contributed by atoms with Crippen molar-refractivity contribution < 1.29 is 4.57 Å². The Balaban J connectivity index is 1.69. The molecule has 2 aliphatic rings. The number of aromatic nitrogens is 1. The summed E-state index contributed by atoms with van der Waals surface area (Å²) >= 11 is 6.34. The quantitative estimate of drug-likeness (QED) is 0.231. The maximum atomic E-state index is 6.34. The van der Waals surface area contributed by atoms with E-state index in [1.165, 1.54) is 55.9 Å². The summed E-state index contributed by atoms with van der Waals surface area (Å²) in [5.74, 6) is 0. The maximum absolute atomic E-state index is 6.34. The normalized spacial score (nSPS) is 13.4. The fourth-order valence-corrected chi connectivity index (χ4v) is 6.24. The average molecular weight is 471 g/mol. The van der Waals surface area contributed by atoms with Gasteiger partial charge in [-0.3, -0.25) is 0 Å². The first-order valence-electron chi connectivity index (χ1n) is 12.4. The number of nitrogens with zero attached hydrogens (tertiary/aromatic N) is 1. The van der Waals surface area contributed by atoms with Crippen molar-refractivity contribution in [1.29, 1.82) is 0 Å². The van der Waals surface area contributed by atoms with E-state index in [0.29, 0.717) is 0 Å². The smallest absolute Gasteiger partial charge is 0.152 e. The summed E-state index contributed by atoms with van der Waals surface area (Å²) in [4.78, 5) is 0. The number of pyridine rings is 1. The van der Waals surface area contributed by atoms with E-state index in [-0.39, 0.29) is 0 Å². The van der Waals surface area contributed by atoms with Gasteiger partial charge in [0.05, 0.1) is 11.1 Å². The minimum atomic E-state index is 0.763. The van der Waals surface area contributed by atoms with Crippen LogP contribution in [-0.2, 0) is 25.7 Å². The van der Waals surface area contributed by atoms with Crippen molar-refractivity contribution in [1.82, 2.24) is 0 Å². The Morgan fingerprint density at radius 1 is 0.514 bits per heavy atom. The van der Waals surface area contributed by atoms with Crippen molar-refractivity contribution in [2.75, 3.05) is 0 Å². The number of aryl methyl sites for hydroxylation is 2. The van der Waals surface area contributed by atoms with E-state index < -0.39 is 0 Å². The third kappa shape index (κ3) is 3.26. The third-order valence-corrected chi connectivity index (χ3v) is 7.86. The lowest BCUT2D eigenvalue weighted by atomic mass is 9.77. The zero-order chi connectivity index (χ0) is 23.4. The van der Waals surface area contributed by atoms with Gasteiger partial charge in [-0.15, -0.1) is 0 Å². The fraction of sp³-hybridized carbons (Fsp3) is 0.121. The first-order chi connectivity index (χ1) is 17.3. The van der Waals surface area contributed by atoms with Gasteiger partial charge in [0, 0.05) is 33.8 Å². The SMILES string of the molecule is Clc1ccc(-[n+]2c3c(c(-c4ccccc4)c4c2-c2ccccc2CC4)CCc2ccccc2-3)cc1. The number of hydrogen-bond acceptors (Lipinski definition) is 0. The molecule has 0 atom stereocenters. The van der Waals surface area contributed by atoms with E-state index in [1.807, 2.05) is 12.1 Å². The molecule has 168 valence electrons. The van der Waals surface area contributed by atoms with E-state index in [1.54, 1.807) is 0 Å². The van der Waals surface area contributed by atoms with E-state index in [0.717, 1.165) is 36.4 Å². The zero-order valence-corrected chi connectivity index (χ0v) is 20.2. The van der Waals surface area contributed by atoms with Gasteiger partial charge in [-0.05, 0) is 66.6 Å². The summed E-state index contributed by atoms with van der Waals surface area (Å²) in [6.45, 7) is 0. The molecule has 0 radical (unpaired) electrons. The van der Waals surface area contributed by atoms with Crippen LogP contribution in [0.5, 0.6) is 0 Å². The van der Waals surface area contributed by atoms with Crippen LogP contribution in [0.25, 0.3) is 39.3 Å². The van der Waals surface area contributed by atoms with Crippen molar-refractivity contribution in [3.8, 4) is 39.3 Å². The number of benzene rings is 4. The van der Waals surface area contributed by atoms with Gasteiger partial charge in [0.25, 0.3) is 0 Å². The van der Waals surface area contributed by atoms with Crippen LogP contribution in [0.15, 0.2) is 103 Å². The molecule has 0 saturated heterocycles. The first kappa shape index (κ1) is 20.7. The molecule has 0 unspecified atom stereocenters. The van der Waals surface area contributed by atoms with Gasteiger partial charge in [0.15, 0.2) is 0 Å². The number of fused-ring (bicyclic) bond motifs is 6. The molecular weight excluding hydrogens is 446 g/mol. The summed E-state index contributed by atoms with van der Waals surface area (Å²) < 4.78 is 2.53. The van der Waals surface area contributed by atoms with Crippen LogP contribution < -0.4 is 4.57 Å². The van der Waals surface area contributed by atoms with Crippen LogP contribution >= 0.6 is 11.6 Å². The van der Waals surface area contributed by atoms with Crippen LogP contribution in [0.3, 0.4) is 0 Å². The molecule has 0 fully saturated rings. The Morgan fingerprint density at radius 2 is 1.03 bits per heavy atom. The summed E-state index contributed by atoms with van der Waals surface area (Å²) in [5, 5.41) is 0.763. The Morgan fingerprint density at radius 3 is 1.60 bits per heavy atom. The molecule has 2 aliphatic carbocycles. The third-order valence-electron chi connectivity index (χ3n) is 7.60. The Hall–Kier alpha value is -3.68. The predicted octanol–water partition coefficient (Wildman–Crippen LogP) is 7.81. The van der Waals surface area contributed by atoms with Crippen LogP contribution in [0, 0.1) is 0 Å². The predicted molar refractivity (Wildman–Crippen MR) is 144 cm³/mol. The van der Waals surface area contributed by atoms with Gasteiger partial charge in [-0.2, -0.15) is 4.57 Å². The Kier molecular flexibility index (Phi) is 4.85. The van der Waals surface area contributed by atoms with Crippen molar-refractivity contribution in [3.63, 3.8) is 0 Å². The lowest BCUT2D eigenvalue weighted by molar-refractivity contribution is -0.573. The highest BCUT2D eigenvalue weighted by molar-refractivity contribution is 6.30. The second kappa shape index (κ2) is 8.22. The minimum Gasteiger partial charge on any atom is -0.152 e. The molecule has 1 nitrogen and oxygen atoms in total. The molecule has 7 rings (SSSR count). The van der Waals surface area contributed by atoms with Gasteiger partial charge in [-0.1, -0.05) is 78.3 Å². The lowest BCUT2D eigenvalue weighted by Gasteiger charge is -2.28. The summed E-state index contributed by atoms with van der Waals surface area (Å²) in [6.07, 6.45) is 4.22. The second-order valence-corrected chi connectivity index (χ2v) is 9.96. The Labute approximate surface area is 211 Å². The van der Waals surface area contributed by atoms with Crippen molar-refractivity contribution in [2.24, 2.45) is 0 Å². The molecule has 0 amide bonds. The largest absolute Gasteiger partial charge is 0.223 e. The maximum Gasteiger partial charge on any atom is 0.223 e. The molecule has 0 aliphatic heterocycles. The molecule has 0 saturated carbocycles. The highest BCUT2D eigenvalue weighted by atomic mass is 35.5. The van der Waals surface area contributed by atoms with Gasteiger partial charge in [-0.25, -0.2) is 0 Å². The highest BCUT2D eigenvalue weighted by Crippen LogP contribution is 2.45. The summed E-state index contributed by atoms with van der Waals surface area (Å²) in [6, 6.07) is 37.2. The topological polar surface area (TPSA) is 3.88 Å². The molecule has 2 heteroatoms. The van der Waals surface area contributed by atoms with Gasteiger partial charge in [0.1, 0.15) is 0 Å². The summed E-state index contributed by atoms with van der Waals surface area (Å²) in [7, 11) is 0. The second-order valence-electron chi connectivity index (χ2n) is 9.52. The van der Waals surface area contributed by atoms with Gasteiger partial charge in [0.2, 0.25) is 17.1 Å². The minimum absolute atomic E-state index is 0.763. The van der Waals surface area contributed by atoms with Gasteiger partial charge >= 0.3 is 0 Å². The molecule has 0 spiro atoms. The first-order valence-corrected chi connectivity index (χ1v) is 12.8. The van der Waals surface area contributed by atoms with Crippen molar-refractivity contribution in [3.05, 3.63) is 130 Å². The fourth-order valence-electron chi connectivity index (χ4n) is 6.11. The molecule has 1 heterocycles. The van der Waals surface area contributed by atoms with E-state index in [4.69, 9.17) is 11.6 Å². The zero-order valence-electron chi connectivity index (χ0n) is 19.5. The molecular formula is C33H25ClN+. The number of halogens is 1. The molecule has 4 aromatic carbocycles. The van der Waals surface area contributed by atoms with Crippen LogP contribution in [0.2, 0.25) is 5.02 Å². The molecule has 35 heavy (non-hydrogen) atoms. The standard InChI is InChI=1S/C33H25ClN/c34-25-16-18-26(19-17-25)35-32-27-12-6-4-8-22(27)14-20-29(32)31(24-10-2-1-3-11-24)30-21-15-23-9-5-7-13-28(23)33(30)35/h1-13,16-19H,14-15,20-21H2/q+1. The van der Waals surface area contributed by atoms with E-state index in [2.05, 4.69) is 95.6 Å². The van der Waals surface area contributed by atoms with E-state index in [9.17, 15) is 0 Å². The average Bonchev–Trinajstić information content (AvgIpc) is 2.92. The lowest BCUT2D eigenvalue weighted by Crippen LogP contribution is -2.41. The monoisotopic (exact) mass is 470 g/mol. The molecule has 5 aromatic rings. The molecule has 0 N–H and O–H groups in total. The van der Waals surface area contributed by atoms with E-state index >= 15 is 0 Å². The number of hydrogen-bond donors (Lipinski definition) is 0. The van der Waals surface area contributed by atoms with Crippen molar-refractivity contribution >= 4 is 11.6 Å².